The molecule has 2 rings (SSSR count). The van der Waals surface area contributed by atoms with E-state index in [1.165, 1.54) is 19.3 Å². The number of hydrogen-bond acceptors (Lipinski definition) is 2. The summed E-state index contributed by atoms with van der Waals surface area (Å²) in [5.74, 6) is 2.22. The molecule has 1 aliphatic rings. The van der Waals surface area contributed by atoms with Crippen LogP contribution in [-0.2, 0) is 0 Å². The third kappa shape index (κ3) is 2.03. The van der Waals surface area contributed by atoms with Gasteiger partial charge in [-0.25, -0.2) is 0 Å². The molecule has 1 heterocycles. The number of rotatable bonds is 4. The summed E-state index contributed by atoms with van der Waals surface area (Å²) in [6.07, 6.45) is 3.78. The van der Waals surface area contributed by atoms with Gasteiger partial charge in [0.2, 0.25) is 5.28 Å². The molecule has 0 radical (unpaired) electrons. The molecule has 4 heteroatoms. The van der Waals surface area contributed by atoms with Crippen molar-refractivity contribution >= 4 is 11.6 Å². The number of halogens is 1. The van der Waals surface area contributed by atoms with Crippen LogP contribution in [0.5, 0.6) is 0 Å². The Morgan fingerprint density at radius 3 is 2.80 bits per heavy atom. The van der Waals surface area contributed by atoms with Gasteiger partial charge >= 0.3 is 0 Å². The fourth-order valence-corrected chi connectivity index (χ4v) is 2.46. The molecule has 0 spiro atoms. The topological polar surface area (TPSA) is 30.7 Å². The molecule has 0 aliphatic heterocycles. The van der Waals surface area contributed by atoms with Crippen LogP contribution in [0.25, 0.3) is 0 Å². The lowest BCUT2D eigenvalue weighted by Crippen LogP contribution is -2.05. The van der Waals surface area contributed by atoms with E-state index in [4.69, 9.17) is 11.6 Å². The highest BCUT2D eigenvalue weighted by atomic mass is 35.5. The number of nitrogens with zero attached hydrogens (tertiary/aromatic N) is 3. The third-order valence-electron chi connectivity index (χ3n) is 3.07. The van der Waals surface area contributed by atoms with Crippen LogP contribution in [0.2, 0.25) is 5.28 Å². The van der Waals surface area contributed by atoms with Gasteiger partial charge in [0.25, 0.3) is 0 Å². The van der Waals surface area contributed by atoms with Crippen LogP contribution >= 0.6 is 11.6 Å². The molecule has 1 fully saturated rings. The van der Waals surface area contributed by atoms with Crippen LogP contribution in [-0.4, -0.2) is 14.8 Å². The van der Waals surface area contributed by atoms with Crippen molar-refractivity contribution in [2.45, 2.75) is 52.0 Å². The molecule has 2 unspecified atom stereocenters. The summed E-state index contributed by atoms with van der Waals surface area (Å²) in [4.78, 5) is 0. The Morgan fingerprint density at radius 2 is 2.20 bits per heavy atom. The Kier molecular flexibility index (Phi) is 3.01. The Hall–Kier alpha value is -0.570. The van der Waals surface area contributed by atoms with Gasteiger partial charge < -0.3 is 0 Å². The summed E-state index contributed by atoms with van der Waals surface area (Å²) in [6.45, 7) is 6.49. The van der Waals surface area contributed by atoms with E-state index in [9.17, 15) is 0 Å². The summed E-state index contributed by atoms with van der Waals surface area (Å²) in [6, 6.07) is 0.560. The van der Waals surface area contributed by atoms with Gasteiger partial charge in [0.05, 0.1) is 0 Å². The van der Waals surface area contributed by atoms with Gasteiger partial charge in [-0.3, -0.25) is 4.57 Å². The van der Waals surface area contributed by atoms with Crippen molar-refractivity contribution in [3.63, 3.8) is 0 Å². The van der Waals surface area contributed by atoms with E-state index in [0.717, 1.165) is 11.7 Å². The lowest BCUT2D eigenvalue weighted by molar-refractivity contribution is 0.572. The van der Waals surface area contributed by atoms with Crippen molar-refractivity contribution in [1.82, 2.24) is 14.8 Å². The van der Waals surface area contributed by atoms with Crippen molar-refractivity contribution in [1.29, 1.82) is 0 Å². The van der Waals surface area contributed by atoms with Gasteiger partial charge in [-0.1, -0.05) is 27.2 Å². The lowest BCUT2D eigenvalue weighted by atomic mass is 10.2. The van der Waals surface area contributed by atoms with Gasteiger partial charge in [-0.2, -0.15) is 0 Å². The molecule has 84 valence electrons. The standard InChI is InChI=1S/C11H18ClN3/c1-4-5-8-6-9(8)15-10(7(2)3)13-14-11(15)12/h7-9H,4-6H2,1-3H3. The van der Waals surface area contributed by atoms with E-state index in [1.807, 2.05) is 0 Å². The van der Waals surface area contributed by atoms with E-state index in [-0.39, 0.29) is 0 Å². The molecule has 2 atom stereocenters. The quantitative estimate of drug-likeness (QED) is 0.789. The molecule has 0 amide bonds. The molecular weight excluding hydrogens is 210 g/mol. The van der Waals surface area contributed by atoms with Crippen molar-refractivity contribution < 1.29 is 0 Å². The first-order chi connectivity index (χ1) is 7.15. The van der Waals surface area contributed by atoms with Gasteiger partial charge in [0, 0.05) is 12.0 Å². The molecule has 0 N–H and O–H groups in total. The molecular formula is C11H18ClN3. The fourth-order valence-electron chi connectivity index (χ4n) is 2.21. The minimum Gasteiger partial charge on any atom is -0.298 e. The maximum Gasteiger partial charge on any atom is 0.225 e. The second kappa shape index (κ2) is 4.12. The molecule has 1 aromatic rings. The zero-order valence-corrected chi connectivity index (χ0v) is 10.3. The summed E-state index contributed by atoms with van der Waals surface area (Å²) in [7, 11) is 0. The molecule has 1 saturated carbocycles. The van der Waals surface area contributed by atoms with Crippen molar-refractivity contribution in [2.75, 3.05) is 0 Å². The van der Waals surface area contributed by atoms with Crippen LogP contribution in [0, 0.1) is 5.92 Å². The van der Waals surface area contributed by atoms with E-state index < -0.39 is 0 Å². The minimum atomic E-state index is 0.396. The Balaban J connectivity index is 2.18. The summed E-state index contributed by atoms with van der Waals surface area (Å²) in [5.41, 5.74) is 0. The Morgan fingerprint density at radius 1 is 1.47 bits per heavy atom. The monoisotopic (exact) mass is 227 g/mol. The average molecular weight is 228 g/mol. The van der Waals surface area contributed by atoms with Crippen molar-refractivity contribution in [3.05, 3.63) is 11.1 Å². The average Bonchev–Trinajstić information content (AvgIpc) is 2.80. The highest BCUT2D eigenvalue weighted by molar-refractivity contribution is 6.28. The van der Waals surface area contributed by atoms with Gasteiger partial charge in [0.15, 0.2) is 0 Å². The molecule has 1 aliphatic carbocycles. The SMILES string of the molecule is CCCC1CC1n1c(Cl)nnc1C(C)C. The molecule has 15 heavy (non-hydrogen) atoms. The maximum absolute atomic E-state index is 6.08. The van der Waals surface area contributed by atoms with Gasteiger partial charge in [-0.15, -0.1) is 10.2 Å². The van der Waals surface area contributed by atoms with Crippen molar-refractivity contribution in [2.24, 2.45) is 5.92 Å². The highest BCUT2D eigenvalue weighted by Crippen LogP contribution is 2.48. The zero-order chi connectivity index (χ0) is 11.0. The molecule has 3 nitrogen and oxygen atoms in total. The number of aromatic nitrogens is 3. The van der Waals surface area contributed by atoms with Gasteiger partial charge in [0.1, 0.15) is 5.82 Å². The van der Waals surface area contributed by atoms with Crippen LogP contribution in [0.3, 0.4) is 0 Å². The zero-order valence-electron chi connectivity index (χ0n) is 9.57. The molecule has 1 aromatic heterocycles. The summed E-state index contributed by atoms with van der Waals surface area (Å²) >= 11 is 6.08. The van der Waals surface area contributed by atoms with E-state index in [1.54, 1.807) is 0 Å². The van der Waals surface area contributed by atoms with E-state index in [2.05, 4.69) is 35.5 Å². The Bertz CT molecular complexity index is 346. The summed E-state index contributed by atoms with van der Waals surface area (Å²) < 4.78 is 2.13. The first-order valence-corrected chi connectivity index (χ1v) is 6.13. The first-order valence-electron chi connectivity index (χ1n) is 5.75. The van der Waals surface area contributed by atoms with Gasteiger partial charge in [-0.05, 0) is 30.4 Å². The Labute approximate surface area is 95.8 Å². The third-order valence-corrected chi connectivity index (χ3v) is 3.33. The second-order valence-electron chi connectivity index (χ2n) is 4.70. The maximum atomic E-state index is 6.08. The van der Waals surface area contributed by atoms with Crippen LogP contribution in [0.1, 0.15) is 57.8 Å². The fraction of sp³-hybridized carbons (Fsp3) is 0.818. The van der Waals surface area contributed by atoms with E-state index >= 15 is 0 Å². The lowest BCUT2D eigenvalue weighted by Gasteiger charge is -2.09. The second-order valence-corrected chi connectivity index (χ2v) is 5.04. The minimum absolute atomic E-state index is 0.396. The highest BCUT2D eigenvalue weighted by Gasteiger charge is 2.40. The van der Waals surface area contributed by atoms with Crippen LogP contribution in [0.15, 0.2) is 0 Å². The van der Waals surface area contributed by atoms with Crippen LogP contribution in [0.4, 0.5) is 0 Å². The normalized spacial score (nSPS) is 24.9. The molecule has 0 bridgehead atoms. The largest absolute Gasteiger partial charge is 0.298 e. The first kappa shape index (κ1) is 10.9. The van der Waals surface area contributed by atoms with E-state index in [0.29, 0.717) is 17.2 Å². The predicted octanol–water partition coefficient (Wildman–Crippen LogP) is 3.42. The van der Waals surface area contributed by atoms with Crippen molar-refractivity contribution in [3.8, 4) is 0 Å². The molecule has 0 saturated heterocycles. The number of hydrogen-bond donors (Lipinski definition) is 0. The van der Waals surface area contributed by atoms with Crippen LogP contribution < -0.4 is 0 Å². The molecule has 0 aromatic carbocycles. The summed E-state index contributed by atoms with van der Waals surface area (Å²) in [5, 5.41) is 8.68. The smallest absolute Gasteiger partial charge is 0.225 e. The predicted molar refractivity (Wildman–Crippen MR) is 61.2 cm³/mol.